The lowest BCUT2D eigenvalue weighted by molar-refractivity contribution is -0.126. The lowest BCUT2D eigenvalue weighted by atomic mass is 9.90. The van der Waals surface area contributed by atoms with E-state index in [1.807, 2.05) is 24.3 Å². The topological polar surface area (TPSA) is 43.9 Å². The Morgan fingerprint density at radius 1 is 0.852 bits per heavy atom. The zero-order valence-corrected chi connectivity index (χ0v) is 16.7. The van der Waals surface area contributed by atoms with Crippen LogP contribution in [-0.2, 0) is 9.59 Å². The standard InChI is InChI=1S/C20H17BrClN3O2/c21-13-4-2-12(3-5-13)17-16-18(24-11-1-10-23(17)24)20(27)25(19(16)26)15-8-6-14(22)7-9-15/h2-9,16-18H,1,10-11H2/t16-,17-,18+/m1/s1. The van der Waals surface area contributed by atoms with Crippen molar-refractivity contribution in [2.45, 2.75) is 18.5 Å². The van der Waals surface area contributed by atoms with Crippen molar-refractivity contribution in [2.24, 2.45) is 5.92 Å². The molecule has 5 rings (SSSR count). The van der Waals surface area contributed by atoms with Crippen LogP contribution in [0.25, 0.3) is 0 Å². The molecule has 27 heavy (non-hydrogen) atoms. The fraction of sp³-hybridized carbons (Fsp3) is 0.300. The number of amides is 2. The first-order valence-corrected chi connectivity index (χ1v) is 10.2. The van der Waals surface area contributed by atoms with Gasteiger partial charge in [0, 0.05) is 22.6 Å². The number of hydrogen-bond acceptors (Lipinski definition) is 4. The Balaban J connectivity index is 1.57. The number of benzene rings is 2. The summed E-state index contributed by atoms with van der Waals surface area (Å²) >= 11 is 9.44. The molecule has 0 radical (unpaired) electrons. The van der Waals surface area contributed by atoms with E-state index in [0.29, 0.717) is 10.7 Å². The van der Waals surface area contributed by atoms with E-state index in [0.717, 1.165) is 29.5 Å². The minimum Gasteiger partial charge on any atom is -0.274 e. The number of carbonyl (C=O) groups is 2. The summed E-state index contributed by atoms with van der Waals surface area (Å²) in [5.74, 6) is -0.664. The zero-order chi connectivity index (χ0) is 18.7. The van der Waals surface area contributed by atoms with E-state index in [9.17, 15) is 9.59 Å². The van der Waals surface area contributed by atoms with Crippen LogP contribution < -0.4 is 4.90 Å². The highest BCUT2D eigenvalue weighted by Gasteiger charge is 2.62. The molecule has 3 saturated heterocycles. The summed E-state index contributed by atoms with van der Waals surface area (Å²) in [4.78, 5) is 28.0. The predicted molar refractivity (Wildman–Crippen MR) is 106 cm³/mol. The van der Waals surface area contributed by atoms with Gasteiger partial charge in [0.2, 0.25) is 5.91 Å². The van der Waals surface area contributed by atoms with Crippen molar-refractivity contribution in [1.29, 1.82) is 0 Å². The van der Waals surface area contributed by atoms with E-state index < -0.39 is 12.0 Å². The molecule has 138 valence electrons. The van der Waals surface area contributed by atoms with Gasteiger partial charge in [0.15, 0.2) is 0 Å². The molecule has 5 nitrogen and oxygen atoms in total. The van der Waals surface area contributed by atoms with E-state index in [4.69, 9.17) is 11.6 Å². The first-order valence-electron chi connectivity index (χ1n) is 8.98. The van der Waals surface area contributed by atoms with Gasteiger partial charge in [-0.1, -0.05) is 39.7 Å². The molecule has 0 spiro atoms. The summed E-state index contributed by atoms with van der Waals surface area (Å²) in [5.41, 5.74) is 1.65. The molecule has 7 heteroatoms. The maximum atomic E-state index is 13.4. The van der Waals surface area contributed by atoms with Crippen molar-refractivity contribution in [1.82, 2.24) is 10.0 Å². The van der Waals surface area contributed by atoms with Gasteiger partial charge in [-0.3, -0.25) is 9.59 Å². The SMILES string of the molecule is O=C1[C@H]2[C@@H](C(=O)N1c1ccc(Cl)cc1)N1CCCN1[C@@H]2c1ccc(Br)cc1. The van der Waals surface area contributed by atoms with Gasteiger partial charge < -0.3 is 0 Å². The van der Waals surface area contributed by atoms with Crippen molar-refractivity contribution in [3.05, 3.63) is 63.6 Å². The van der Waals surface area contributed by atoms with Crippen LogP contribution in [0, 0.1) is 5.92 Å². The molecule has 3 aliphatic heterocycles. The van der Waals surface area contributed by atoms with Gasteiger partial charge in [-0.2, -0.15) is 0 Å². The second-order valence-corrected chi connectivity index (χ2v) is 8.49. The Hall–Kier alpha value is -1.73. The molecular formula is C20H17BrClN3O2. The number of halogens is 2. The van der Waals surface area contributed by atoms with Crippen LogP contribution in [0.1, 0.15) is 18.0 Å². The number of rotatable bonds is 2. The fourth-order valence-corrected chi connectivity index (χ4v) is 5.01. The van der Waals surface area contributed by atoms with Crippen molar-refractivity contribution in [3.8, 4) is 0 Å². The number of anilines is 1. The molecule has 2 aromatic rings. The first kappa shape index (κ1) is 17.4. The maximum absolute atomic E-state index is 13.4. The molecule has 2 amide bonds. The molecule has 3 heterocycles. The van der Waals surface area contributed by atoms with Crippen molar-refractivity contribution < 1.29 is 9.59 Å². The summed E-state index contributed by atoms with van der Waals surface area (Å²) in [5, 5.41) is 4.90. The third-order valence-corrected chi connectivity index (χ3v) is 6.48. The highest BCUT2D eigenvalue weighted by molar-refractivity contribution is 9.10. The lowest BCUT2D eigenvalue weighted by Gasteiger charge is -2.29. The van der Waals surface area contributed by atoms with Crippen molar-refractivity contribution >= 4 is 45.0 Å². The number of hydrazine groups is 1. The number of hydrogen-bond donors (Lipinski definition) is 0. The second-order valence-electron chi connectivity index (χ2n) is 7.14. The largest absolute Gasteiger partial charge is 0.274 e. The minimum absolute atomic E-state index is 0.112. The molecule has 3 aliphatic rings. The Kier molecular flexibility index (Phi) is 4.13. The van der Waals surface area contributed by atoms with E-state index in [1.165, 1.54) is 4.90 Å². The van der Waals surface area contributed by atoms with E-state index in [-0.39, 0.29) is 17.9 Å². The summed E-state index contributed by atoms with van der Waals surface area (Å²) in [6.07, 6.45) is 0.999. The Labute approximate surface area is 170 Å². The molecule has 0 aromatic heterocycles. The quantitative estimate of drug-likeness (QED) is 0.661. The van der Waals surface area contributed by atoms with Gasteiger partial charge in [0.25, 0.3) is 5.91 Å². The zero-order valence-electron chi connectivity index (χ0n) is 14.4. The van der Waals surface area contributed by atoms with Crippen molar-refractivity contribution in [3.63, 3.8) is 0 Å². The van der Waals surface area contributed by atoms with Gasteiger partial charge >= 0.3 is 0 Å². The minimum atomic E-state index is -0.427. The molecular weight excluding hydrogens is 430 g/mol. The third-order valence-electron chi connectivity index (χ3n) is 5.70. The Bertz CT molecular complexity index is 918. The summed E-state index contributed by atoms with van der Waals surface area (Å²) < 4.78 is 0.996. The van der Waals surface area contributed by atoms with Crippen LogP contribution in [0.4, 0.5) is 5.69 Å². The van der Waals surface area contributed by atoms with Crippen LogP contribution in [0.3, 0.4) is 0 Å². The average Bonchev–Trinajstić information content (AvgIpc) is 3.30. The fourth-order valence-electron chi connectivity index (χ4n) is 4.62. The summed E-state index contributed by atoms with van der Waals surface area (Å²) in [6.45, 7) is 1.68. The summed E-state index contributed by atoms with van der Waals surface area (Å²) in [6, 6.07) is 14.4. The molecule has 0 N–H and O–H groups in total. The number of carbonyl (C=O) groups excluding carboxylic acids is 2. The van der Waals surface area contributed by atoms with Crippen LogP contribution in [-0.4, -0.2) is 41.0 Å². The number of fused-ring (bicyclic) bond motifs is 3. The number of nitrogens with zero attached hydrogens (tertiary/aromatic N) is 3. The van der Waals surface area contributed by atoms with Crippen LogP contribution >= 0.6 is 27.5 Å². The maximum Gasteiger partial charge on any atom is 0.253 e. The smallest absolute Gasteiger partial charge is 0.253 e. The van der Waals surface area contributed by atoms with Gasteiger partial charge in [0.05, 0.1) is 17.6 Å². The highest BCUT2D eigenvalue weighted by atomic mass is 79.9. The van der Waals surface area contributed by atoms with E-state index in [2.05, 4.69) is 25.9 Å². The normalized spacial score (nSPS) is 28.1. The van der Waals surface area contributed by atoms with Crippen LogP contribution in [0.15, 0.2) is 53.0 Å². The third kappa shape index (κ3) is 2.58. The molecule has 3 fully saturated rings. The van der Waals surface area contributed by atoms with Gasteiger partial charge in [-0.05, 0) is 48.4 Å². The van der Waals surface area contributed by atoms with Crippen LogP contribution in [0.5, 0.6) is 0 Å². The van der Waals surface area contributed by atoms with Crippen molar-refractivity contribution in [2.75, 3.05) is 18.0 Å². The molecule has 3 atom stereocenters. The first-order chi connectivity index (χ1) is 13.1. The van der Waals surface area contributed by atoms with Gasteiger partial charge in [-0.25, -0.2) is 14.9 Å². The lowest BCUT2D eigenvalue weighted by Crippen LogP contribution is -2.44. The van der Waals surface area contributed by atoms with Crippen LogP contribution in [0.2, 0.25) is 5.02 Å². The molecule has 2 aromatic carbocycles. The molecule has 0 bridgehead atoms. The van der Waals surface area contributed by atoms with E-state index in [1.54, 1.807) is 24.3 Å². The van der Waals surface area contributed by atoms with E-state index >= 15 is 0 Å². The molecule has 0 unspecified atom stereocenters. The highest BCUT2D eigenvalue weighted by Crippen LogP contribution is 2.49. The Morgan fingerprint density at radius 3 is 2.15 bits per heavy atom. The number of imide groups is 1. The second kappa shape index (κ2) is 6.41. The summed E-state index contributed by atoms with van der Waals surface area (Å²) in [7, 11) is 0. The van der Waals surface area contributed by atoms with Gasteiger partial charge in [-0.15, -0.1) is 0 Å². The Morgan fingerprint density at radius 2 is 1.48 bits per heavy atom. The van der Waals surface area contributed by atoms with Gasteiger partial charge in [0.1, 0.15) is 6.04 Å². The molecule has 0 saturated carbocycles. The monoisotopic (exact) mass is 445 g/mol. The molecule has 0 aliphatic carbocycles. The predicted octanol–water partition coefficient (Wildman–Crippen LogP) is 3.64. The average molecular weight is 447 g/mol.